The standard InChI is InChI=1S/C25H54N5O7PSi5/c1-39(2,3)29-25-27-23-22(24(28-25)35-41(7,8)9)26-18-30(23)21-16-19(34-40(4,5)6)20(33-21)17-32-38(31,36-42(10,11)12)37-43(13,14)15/h18-21H,16-17H2,1-15H3,(H,27,28,29). The van der Waals surface area contributed by atoms with Crippen molar-refractivity contribution in [3.05, 3.63) is 6.33 Å². The summed E-state index contributed by atoms with van der Waals surface area (Å²) in [7, 11) is -14.1. The van der Waals surface area contributed by atoms with Gasteiger partial charge in [-0.15, -0.1) is 0 Å². The summed E-state index contributed by atoms with van der Waals surface area (Å²) in [6.07, 6.45) is 1.03. The minimum atomic E-state index is -3.82. The molecule has 246 valence electrons. The molecule has 0 spiro atoms. The van der Waals surface area contributed by atoms with Crippen molar-refractivity contribution in [2.75, 3.05) is 11.6 Å². The summed E-state index contributed by atoms with van der Waals surface area (Å²) in [5, 5.41) is 0. The van der Waals surface area contributed by atoms with Gasteiger partial charge in [0.05, 0.1) is 19.0 Å². The van der Waals surface area contributed by atoms with Gasteiger partial charge in [-0.2, -0.15) is 9.97 Å². The molecular formula is C25H54N5O7PSi5. The van der Waals surface area contributed by atoms with Crippen molar-refractivity contribution in [3.63, 3.8) is 0 Å². The summed E-state index contributed by atoms with van der Waals surface area (Å²) in [5.74, 6) is 0.992. The van der Waals surface area contributed by atoms with Gasteiger partial charge in [-0.3, -0.25) is 9.09 Å². The minimum absolute atomic E-state index is 0.00587. The van der Waals surface area contributed by atoms with E-state index in [9.17, 15) is 4.57 Å². The van der Waals surface area contributed by atoms with E-state index in [0.29, 0.717) is 29.4 Å². The highest BCUT2D eigenvalue weighted by Crippen LogP contribution is 2.54. The Kier molecular flexibility index (Phi) is 10.9. The fraction of sp³-hybridized carbons (Fsp3) is 0.800. The zero-order valence-electron chi connectivity index (χ0n) is 28.8. The summed E-state index contributed by atoms with van der Waals surface area (Å²) in [6, 6.07) is 0. The van der Waals surface area contributed by atoms with Gasteiger partial charge >= 0.3 is 7.82 Å². The van der Waals surface area contributed by atoms with E-state index < -0.39 is 61.7 Å². The number of imidazole rings is 1. The molecule has 12 nitrogen and oxygen atoms in total. The van der Waals surface area contributed by atoms with Crippen LogP contribution in [0.15, 0.2) is 6.33 Å². The van der Waals surface area contributed by atoms with Gasteiger partial charge in [0, 0.05) is 6.42 Å². The van der Waals surface area contributed by atoms with Crippen LogP contribution in [0.25, 0.3) is 11.2 Å². The second-order valence-electron chi connectivity index (χ2n) is 16.0. The van der Waals surface area contributed by atoms with Gasteiger partial charge in [0.1, 0.15) is 20.6 Å². The summed E-state index contributed by atoms with van der Waals surface area (Å²) in [5.41, 5.74) is 1.21. The van der Waals surface area contributed by atoms with E-state index in [0.717, 1.165) is 0 Å². The van der Waals surface area contributed by atoms with Gasteiger partial charge < -0.3 is 27.0 Å². The van der Waals surface area contributed by atoms with Crippen LogP contribution in [0.3, 0.4) is 0 Å². The van der Waals surface area contributed by atoms with Crippen LogP contribution in [0.5, 0.6) is 5.88 Å². The molecule has 3 atom stereocenters. The molecule has 0 radical (unpaired) electrons. The van der Waals surface area contributed by atoms with E-state index in [1.165, 1.54) is 0 Å². The molecule has 0 bridgehead atoms. The van der Waals surface area contributed by atoms with Crippen molar-refractivity contribution in [2.45, 2.75) is 123 Å². The average molecular weight is 708 g/mol. The van der Waals surface area contributed by atoms with Crippen molar-refractivity contribution in [3.8, 4) is 5.88 Å². The molecule has 0 aromatic carbocycles. The number of nitrogens with one attached hydrogen (secondary N) is 1. The second-order valence-corrected chi connectivity index (χ2v) is 40.8. The SMILES string of the molecule is C[Si](C)(C)Nc1nc(O[Si](C)(C)C)c2ncn(C3CC(O[Si](C)(C)C)C(COP(=O)(O[Si](C)(C)C)O[Si](C)(C)C)O3)c2n1. The van der Waals surface area contributed by atoms with Gasteiger partial charge in [-0.05, 0) is 78.6 Å². The van der Waals surface area contributed by atoms with Gasteiger partial charge in [-0.25, -0.2) is 9.55 Å². The Bertz CT molecular complexity index is 1300. The van der Waals surface area contributed by atoms with Crippen LogP contribution in [-0.4, -0.2) is 79.8 Å². The van der Waals surface area contributed by atoms with E-state index >= 15 is 0 Å². The summed E-state index contributed by atoms with van der Waals surface area (Å²) >= 11 is 0. The van der Waals surface area contributed by atoms with Crippen LogP contribution >= 0.6 is 7.82 Å². The molecule has 2 aromatic heterocycles. The molecule has 1 N–H and O–H groups in total. The number of anilines is 1. The zero-order chi connectivity index (χ0) is 32.8. The smallest absolute Gasteiger partial charge is 0.455 e. The normalized spacial score (nSPS) is 21.0. The molecule has 18 heteroatoms. The molecule has 1 saturated heterocycles. The largest absolute Gasteiger partial charge is 0.530 e. The number of hydrogen-bond donors (Lipinski definition) is 1. The first-order valence-corrected chi connectivity index (χ1v) is 33.5. The number of nitrogens with zero attached hydrogens (tertiary/aromatic N) is 4. The molecule has 0 saturated carbocycles. The molecule has 43 heavy (non-hydrogen) atoms. The number of ether oxygens (including phenoxy) is 1. The molecule has 0 aliphatic carbocycles. The Balaban J connectivity index is 1.98. The molecule has 0 amide bonds. The lowest BCUT2D eigenvalue weighted by Gasteiger charge is -2.31. The first kappa shape index (κ1) is 36.7. The van der Waals surface area contributed by atoms with Crippen molar-refractivity contribution < 1.29 is 31.1 Å². The number of phosphoric acid groups is 1. The quantitative estimate of drug-likeness (QED) is 0.154. The van der Waals surface area contributed by atoms with Crippen molar-refractivity contribution in [2.24, 2.45) is 0 Å². The fourth-order valence-corrected chi connectivity index (χ4v) is 13.6. The van der Waals surface area contributed by atoms with Gasteiger partial charge in [0.15, 0.2) is 36.1 Å². The van der Waals surface area contributed by atoms with Crippen LogP contribution in [0, 0.1) is 0 Å². The van der Waals surface area contributed by atoms with Crippen molar-refractivity contribution in [1.29, 1.82) is 0 Å². The zero-order valence-corrected chi connectivity index (χ0v) is 34.7. The summed E-state index contributed by atoms with van der Waals surface area (Å²) in [6.45, 7) is 31.1. The number of hydrogen-bond acceptors (Lipinski definition) is 11. The number of aromatic nitrogens is 4. The fourth-order valence-electron chi connectivity index (χ4n) is 4.36. The highest BCUT2D eigenvalue weighted by atomic mass is 31.2. The van der Waals surface area contributed by atoms with Crippen LogP contribution in [-0.2, 0) is 26.7 Å². The Hall–Kier alpha value is -0.736. The summed E-state index contributed by atoms with van der Waals surface area (Å²) < 4.78 is 53.4. The Morgan fingerprint density at radius 3 is 1.95 bits per heavy atom. The molecule has 1 aliphatic rings. The number of rotatable bonds is 14. The maximum atomic E-state index is 13.8. The molecule has 1 fully saturated rings. The Labute approximate surface area is 263 Å². The first-order chi connectivity index (χ1) is 19.2. The van der Waals surface area contributed by atoms with E-state index in [4.69, 9.17) is 36.5 Å². The lowest BCUT2D eigenvalue weighted by atomic mass is 10.2. The maximum absolute atomic E-state index is 13.8. The van der Waals surface area contributed by atoms with Crippen molar-refractivity contribution in [1.82, 2.24) is 19.5 Å². The van der Waals surface area contributed by atoms with Crippen LogP contribution in [0.2, 0.25) is 98.2 Å². The predicted octanol–water partition coefficient (Wildman–Crippen LogP) is 7.62. The molecule has 3 heterocycles. The van der Waals surface area contributed by atoms with Crippen LogP contribution in [0.1, 0.15) is 12.6 Å². The highest BCUT2D eigenvalue weighted by molar-refractivity contribution is 7.52. The van der Waals surface area contributed by atoms with E-state index in [1.54, 1.807) is 6.33 Å². The topological polar surface area (TPSA) is 128 Å². The Morgan fingerprint density at radius 2 is 1.47 bits per heavy atom. The monoisotopic (exact) mass is 707 g/mol. The van der Waals surface area contributed by atoms with E-state index in [1.807, 2.05) is 43.8 Å². The van der Waals surface area contributed by atoms with Crippen LogP contribution in [0.4, 0.5) is 5.95 Å². The average Bonchev–Trinajstić information content (AvgIpc) is 3.29. The third-order valence-corrected chi connectivity index (χ3v) is 14.9. The molecule has 3 rings (SSSR count). The molecular weight excluding hydrogens is 654 g/mol. The predicted molar refractivity (Wildman–Crippen MR) is 185 cm³/mol. The second kappa shape index (κ2) is 12.8. The van der Waals surface area contributed by atoms with Crippen LogP contribution < -0.4 is 9.41 Å². The number of fused-ring (bicyclic) bond motifs is 1. The lowest BCUT2D eigenvalue weighted by molar-refractivity contribution is -0.0390. The third-order valence-electron chi connectivity index (χ3n) is 5.44. The summed E-state index contributed by atoms with van der Waals surface area (Å²) in [4.78, 5) is 17.8. The van der Waals surface area contributed by atoms with Crippen molar-refractivity contribution >= 4 is 66.4 Å². The molecule has 3 unspecified atom stereocenters. The van der Waals surface area contributed by atoms with Gasteiger partial charge in [0.2, 0.25) is 20.1 Å². The Morgan fingerprint density at radius 1 is 0.884 bits per heavy atom. The van der Waals surface area contributed by atoms with E-state index in [2.05, 4.69) is 68.9 Å². The van der Waals surface area contributed by atoms with E-state index in [-0.39, 0.29) is 12.7 Å². The first-order valence-electron chi connectivity index (χ1n) is 14.9. The lowest BCUT2D eigenvalue weighted by Crippen LogP contribution is -2.38. The highest BCUT2D eigenvalue weighted by Gasteiger charge is 2.44. The van der Waals surface area contributed by atoms with Gasteiger partial charge in [-0.1, -0.05) is 19.6 Å². The third kappa shape index (κ3) is 11.9. The van der Waals surface area contributed by atoms with Gasteiger partial charge in [0.25, 0.3) is 0 Å². The molecule has 2 aromatic rings. The maximum Gasteiger partial charge on any atom is 0.455 e. The minimum Gasteiger partial charge on any atom is -0.530 e. The molecule has 1 aliphatic heterocycles.